The minimum absolute atomic E-state index is 0.0565. The third-order valence-corrected chi connectivity index (χ3v) is 5.88. The summed E-state index contributed by atoms with van der Waals surface area (Å²) in [6, 6.07) is 17.9. The van der Waals surface area contributed by atoms with Crippen LogP contribution >= 0.6 is 11.8 Å². The standard InChI is InChI=1S/C24H20N6O4S/c31-21(26-17-4-2-1-3-5-17)13-30-24(28-23(29-30)16-8-10-25-11-9-16)35-14-22(32)27-18-6-7-19-20(12-18)34-15-33-19/h1-12H,13-15H2,(H,26,31)(H,27,32). The molecule has 4 aromatic rings. The molecule has 1 aliphatic rings. The van der Waals surface area contributed by atoms with Crippen LogP contribution in [0.2, 0.25) is 0 Å². The Balaban J connectivity index is 1.28. The van der Waals surface area contributed by atoms with Crippen molar-refractivity contribution in [2.45, 2.75) is 11.7 Å². The van der Waals surface area contributed by atoms with E-state index in [1.807, 2.05) is 18.2 Å². The van der Waals surface area contributed by atoms with Gasteiger partial charge in [0.25, 0.3) is 0 Å². The van der Waals surface area contributed by atoms with Gasteiger partial charge < -0.3 is 20.1 Å². The average molecular weight is 489 g/mol. The van der Waals surface area contributed by atoms with Gasteiger partial charge in [-0.3, -0.25) is 14.6 Å². The van der Waals surface area contributed by atoms with Crippen molar-refractivity contribution in [3.63, 3.8) is 0 Å². The molecule has 0 atom stereocenters. The lowest BCUT2D eigenvalue weighted by Crippen LogP contribution is -2.20. The van der Waals surface area contributed by atoms with Crippen LogP contribution in [0.5, 0.6) is 11.5 Å². The first-order valence-corrected chi connectivity index (χ1v) is 11.6. The lowest BCUT2D eigenvalue weighted by atomic mass is 10.3. The van der Waals surface area contributed by atoms with Gasteiger partial charge in [-0.05, 0) is 36.4 Å². The lowest BCUT2D eigenvalue weighted by molar-refractivity contribution is -0.117. The number of para-hydroxylation sites is 1. The predicted molar refractivity (Wildman–Crippen MR) is 130 cm³/mol. The highest BCUT2D eigenvalue weighted by Crippen LogP contribution is 2.34. The van der Waals surface area contributed by atoms with Gasteiger partial charge in [-0.25, -0.2) is 9.67 Å². The van der Waals surface area contributed by atoms with Crippen LogP contribution in [0.25, 0.3) is 11.4 Å². The van der Waals surface area contributed by atoms with Crippen molar-refractivity contribution in [1.29, 1.82) is 0 Å². The van der Waals surface area contributed by atoms with Crippen LogP contribution in [-0.4, -0.2) is 44.1 Å². The molecule has 11 heteroatoms. The third-order valence-electron chi connectivity index (χ3n) is 4.92. The molecule has 0 aliphatic carbocycles. The highest BCUT2D eigenvalue weighted by molar-refractivity contribution is 7.99. The number of benzene rings is 2. The quantitative estimate of drug-likeness (QED) is 0.362. The number of amides is 2. The van der Waals surface area contributed by atoms with Crippen molar-refractivity contribution in [2.75, 3.05) is 23.2 Å². The molecule has 2 aromatic heterocycles. The Kier molecular flexibility index (Phi) is 6.57. The lowest BCUT2D eigenvalue weighted by Gasteiger charge is -2.08. The number of ether oxygens (including phenoxy) is 2. The van der Waals surface area contributed by atoms with E-state index in [0.717, 1.165) is 5.56 Å². The van der Waals surface area contributed by atoms with Gasteiger partial charge in [0, 0.05) is 35.4 Å². The number of fused-ring (bicyclic) bond motifs is 1. The summed E-state index contributed by atoms with van der Waals surface area (Å²) in [5.74, 6) is 1.25. The summed E-state index contributed by atoms with van der Waals surface area (Å²) in [6.45, 7) is 0.106. The molecule has 0 fully saturated rings. The molecule has 2 aromatic carbocycles. The van der Waals surface area contributed by atoms with Crippen molar-refractivity contribution < 1.29 is 19.1 Å². The molecule has 35 heavy (non-hydrogen) atoms. The molecule has 5 rings (SSSR count). The Morgan fingerprint density at radius 3 is 2.51 bits per heavy atom. The molecule has 3 heterocycles. The topological polar surface area (TPSA) is 120 Å². The van der Waals surface area contributed by atoms with Gasteiger partial charge in [0.1, 0.15) is 6.54 Å². The second-order valence-corrected chi connectivity index (χ2v) is 8.37. The Labute approximate surface area is 204 Å². The number of nitrogens with one attached hydrogen (secondary N) is 2. The molecule has 2 amide bonds. The highest BCUT2D eigenvalue weighted by Gasteiger charge is 2.18. The molecule has 10 nitrogen and oxygen atoms in total. The van der Waals surface area contributed by atoms with Crippen LogP contribution in [0.3, 0.4) is 0 Å². The van der Waals surface area contributed by atoms with Crippen LogP contribution in [0, 0.1) is 0 Å². The number of carbonyl (C=O) groups excluding carboxylic acids is 2. The maximum atomic E-state index is 12.6. The van der Waals surface area contributed by atoms with E-state index in [1.165, 1.54) is 16.4 Å². The van der Waals surface area contributed by atoms with E-state index in [4.69, 9.17) is 9.47 Å². The Hall–Kier alpha value is -4.38. The van der Waals surface area contributed by atoms with Gasteiger partial charge in [0.15, 0.2) is 22.5 Å². The van der Waals surface area contributed by atoms with Crippen molar-refractivity contribution in [3.8, 4) is 22.9 Å². The molecule has 2 N–H and O–H groups in total. The molecule has 0 unspecified atom stereocenters. The molecule has 0 spiro atoms. The maximum Gasteiger partial charge on any atom is 0.246 e. The van der Waals surface area contributed by atoms with E-state index in [1.54, 1.807) is 54.9 Å². The van der Waals surface area contributed by atoms with Gasteiger partial charge in [0.05, 0.1) is 5.75 Å². The number of nitrogens with zero attached hydrogens (tertiary/aromatic N) is 4. The molecule has 176 valence electrons. The number of hydrogen-bond acceptors (Lipinski definition) is 8. The molecule has 0 saturated heterocycles. The number of hydrogen-bond donors (Lipinski definition) is 2. The van der Waals surface area contributed by atoms with E-state index >= 15 is 0 Å². The normalized spacial score (nSPS) is 11.8. The number of anilines is 2. The van der Waals surface area contributed by atoms with Crippen molar-refractivity contribution >= 4 is 35.0 Å². The molecule has 1 aliphatic heterocycles. The van der Waals surface area contributed by atoms with E-state index in [0.29, 0.717) is 33.9 Å². The minimum atomic E-state index is -0.256. The first-order chi connectivity index (χ1) is 17.1. The maximum absolute atomic E-state index is 12.6. The smallest absolute Gasteiger partial charge is 0.246 e. The molecule has 0 saturated carbocycles. The number of rotatable bonds is 8. The monoisotopic (exact) mass is 488 g/mol. The zero-order valence-electron chi connectivity index (χ0n) is 18.4. The first kappa shape index (κ1) is 22.4. The van der Waals surface area contributed by atoms with Crippen LogP contribution in [-0.2, 0) is 16.1 Å². The molecule has 0 bridgehead atoms. The zero-order valence-corrected chi connectivity index (χ0v) is 19.2. The Morgan fingerprint density at radius 2 is 1.69 bits per heavy atom. The summed E-state index contributed by atoms with van der Waals surface area (Å²) in [5.41, 5.74) is 2.04. The van der Waals surface area contributed by atoms with Crippen LogP contribution in [0.1, 0.15) is 0 Å². The van der Waals surface area contributed by atoms with E-state index in [2.05, 4.69) is 25.7 Å². The summed E-state index contributed by atoms with van der Waals surface area (Å²) in [5, 5.41) is 10.6. The SMILES string of the molecule is O=C(CSc1nc(-c2ccncc2)nn1CC(=O)Nc1ccccc1)Nc1ccc2c(c1)OCO2. The second-order valence-electron chi connectivity index (χ2n) is 7.43. The van der Waals surface area contributed by atoms with E-state index in [-0.39, 0.29) is 30.9 Å². The summed E-state index contributed by atoms with van der Waals surface area (Å²) >= 11 is 1.19. The van der Waals surface area contributed by atoms with Gasteiger partial charge in [-0.15, -0.1) is 5.10 Å². The van der Waals surface area contributed by atoms with Crippen LogP contribution in [0.15, 0.2) is 78.2 Å². The van der Waals surface area contributed by atoms with E-state index in [9.17, 15) is 9.59 Å². The Morgan fingerprint density at radius 1 is 0.914 bits per heavy atom. The van der Waals surface area contributed by atoms with Crippen LogP contribution in [0.4, 0.5) is 11.4 Å². The highest BCUT2D eigenvalue weighted by atomic mass is 32.2. The van der Waals surface area contributed by atoms with Crippen molar-refractivity contribution in [3.05, 3.63) is 73.1 Å². The molecular formula is C24H20N6O4S. The fraction of sp³-hybridized carbons (Fsp3) is 0.125. The first-order valence-electron chi connectivity index (χ1n) is 10.7. The van der Waals surface area contributed by atoms with Gasteiger partial charge >= 0.3 is 0 Å². The van der Waals surface area contributed by atoms with Crippen molar-refractivity contribution in [1.82, 2.24) is 19.7 Å². The van der Waals surface area contributed by atoms with E-state index < -0.39 is 0 Å². The summed E-state index contributed by atoms with van der Waals surface area (Å²) in [6.07, 6.45) is 3.29. The van der Waals surface area contributed by atoms with Gasteiger partial charge in [0.2, 0.25) is 18.6 Å². The number of pyridine rings is 1. The Bertz CT molecular complexity index is 1350. The predicted octanol–water partition coefficient (Wildman–Crippen LogP) is 3.44. The summed E-state index contributed by atoms with van der Waals surface area (Å²) < 4.78 is 12.1. The number of carbonyl (C=O) groups is 2. The number of aromatic nitrogens is 4. The number of thioether (sulfide) groups is 1. The zero-order chi connectivity index (χ0) is 24.0. The van der Waals surface area contributed by atoms with Crippen LogP contribution < -0.4 is 20.1 Å². The van der Waals surface area contributed by atoms with Crippen molar-refractivity contribution in [2.24, 2.45) is 0 Å². The largest absolute Gasteiger partial charge is 0.454 e. The fourth-order valence-corrected chi connectivity index (χ4v) is 4.06. The minimum Gasteiger partial charge on any atom is -0.454 e. The molecular weight excluding hydrogens is 468 g/mol. The average Bonchev–Trinajstić information content (AvgIpc) is 3.50. The second kappa shape index (κ2) is 10.3. The summed E-state index contributed by atoms with van der Waals surface area (Å²) in [4.78, 5) is 33.8. The van der Waals surface area contributed by atoms with Gasteiger partial charge in [-0.2, -0.15) is 0 Å². The van der Waals surface area contributed by atoms with Gasteiger partial charge in [-0.1, -0.05) is 30.0 Å². The summed E-state index contributed by atoms with van der Waals surface area (Å²) in [7, 11) is 0. The fourth-order valence-electron chi connectivity index (χ4n) is 3.32. The third kappa shape index (κ3) is 5.58. The molecule has 0 radical (unpaired) electrons.